The number of carbonyl (C=O) groups is 3. The summed E-state index contributed by atoms with van der Waals surface area (Å²) >= 11 is 0. The van der Waals surface area contributed by atoms with Gasteiger partial charge in [0.25, 0.3) is 0 Å². The lowest BCUT2D eigenvalue weighted by atomic mass is 9.74. The maximum absolute atomic E-state index is 13.5. The Kier molecular flexibility index (Phi) is 20.2. The van der Waals surface area contributed by atoms with Gasteiger partial charge in [-0.1, -0.05) is 65.2 Å². The summed E-state index contributed by atoms with van der Waals surface area (Å²) in [5, 5.41) is 34.4. The van der Waals surface area contributed by atoms with E-state index in [4.69, 9.17) is 37.9 Å². The number of hydrogen-bond donors (Lipinski definition) is 3. The molecule has 0 aliphatic carbocycles. The number of allylic oxidation sites excluding steroid dienone is 1. The minimum Gasteiger partial charge on any atom is -0.493 e. The highest BCUT2D eigenvalue weighted by atomic mass is 16.7. The van der Waals surface area contributed by atoms with Crippen molar-refractivity contribution in [1.82, 2.24) is 0 Å². The number of carbonyl (C=O) groups excluding carboxylic acids is 3. The number of methoxy groups -OCH3 is 1. The molecule has 0 saturated carbocycles. The number of rotatable bonds is 15. The van der Waals surface area contributed by atoms with E-state index in [-0.39, 0.29) is 74.3 Å². The summed E-state index contributed by atoms with van der Waals surface area (Å²) in [4.78, 5) is 39.3. The van der Waals surface area contributed by atoms with Crippen molar-refractivity contribution in [2.75, 3.05) is 20.3 Å². The van der Waals surface area contributed by atoms with E-state index < -0.39 is 66.6 Å². The Morgan fingerprint density at radius 1 is 0.917 bits per heavy atom. The van der Waals surface area contributed by atoms with Crippen LogP contribution in [0.25, 0.3) is 0 Å². The molecule has 6 bridgehead atoms. The molecule has 14 heteroatoms. The Balaban J connectivity index is 1.72. The molecule has 0 amide bonds. The van der Waals surface area contributed by atoms with Gasteiger partial charge in [-0.15, -0.1) is 6.58 Å². The molecule has 0 radical (unpaired) electrons. The molecule has 0 aromatic carbocycles. The zero-order valence-electron chi connectivity index (χ0n) is 36.4. The molecule has 0 aromatic rings. The third kappa shape index (κ3) is 15.4. The second-order valence-electron chi connectivity index (χ2n) is 17.3. The van der Waals surface area contributed by atoms with E-state index in [0.717, 1.165) is 51.4 Å². The number of esters is 3. The molecule has 4 rings (SSSR count). The first-order valence-corrected chi connectivity index (χ1v) is 22.1. The fourth-order valence-electron chi connectivity index (χ4n) is 8.46. The highest BCUT2D eigenvalue weighted by Gasteiger charge is 2.57. The summed E-state index contributed by atoms with van der Waals surface area (Å²) in [6, 6.07) is 0. The number of ether oxygens (including phenoxy) is 8. The van der Waals surface area contributed by atoms with Crippen LogP contribution in [0.1, 0.15) is 136 Å². The summed E-state index contributed by atoms with van der Waals surface area (Å²) in [5.74, 6) is -3.69. The van der Waals surface area contributed by atoms with E-state index in [1.165, 1.54) is 13.2 Å². The van der Waals surface area contributed by atoms with Crippen LogP contribution in [0.3, 0.4) is 0 Å². The molecule has 4 aliphatic heterocycles. The van der Waals surface area contributed by atoms with Crippen molar-refractivity contribution < 1.29 is 67.6 Å². The van der Waals surface area contributed by atoms with Crippen LogP contribution in [0.5, 0.6) is 0 Å². The molecule has 4 heterocycles. The Morgan fingerprint density at radius 2 is 1.65 bits per heavy atom. The van der Waals surface area contributed by atoms with Gasteiger partial charge in [0, 0.05) is 43.6 Å². The van der Waals surface area contributed by atoms with Gasteiger partial charge < -0.3 is 53.2 Å². The third-order valence-corrected chi connectivity index (χ3v) is 11.7. The second-order valence-corrected chi connectivity index (χ2v) is 17.3. The van der Waals surface area contributed by atoms with Gasteiger partial charge in [-0.05, 0) is 63.0 Å². The average molecular weight is 849 g/mol. The second kappa shape index (κ2) is 24.5. The Bertz CT molecular complexity index is 1460. The van der Waals surface area contributed by atoms with Crippen LogP contribution >= 0.6 is 0 Å². The number of aliphatic hydroxyl groups is 3. The third-order valence-electron chi connectivity index (χ3n) is 11.7. The van der Waals surface area contributed by atoms with Crippen molar-refractivity contribution in [3.8, 4) is 0 Å². The van der Waals surface area contributed by atoms with E-state index in [1.807, 2.05) is 0 Å². The molecule has 3 saturated heterocycles. The summed E-state index contributed by atoms with van der Waals surface area (Å²) < 4.78 is 48.5. The first kappa shape index (κ1) is 49.5. The van der Waals surface area contributed by atoms with Crippen molar-refractivity contribution in [3.05, 3.63) is 48.8 Å². The monoisotopic (exact) mass is 848 g/mol. The minimum absolute atomic E-state index is 0.00683. The molecule has 340 valence electrons. The van der Waals surface area contributed by atoms with Gasteiger partial charge in [0.1, 0.15) is 6.10 Å². The summed E-state index contributed by atoms with van der Waals surface area (Å²) in [5.41, 5.74) is -1.10. The zero-order valence-corrected chi connectivity index (χ0v) is 36.4. The predicted octanol–water partition coefficient (Wildman–Crippen LogP) is 6.58. The average Bonchev–Trinajstić information content (AvgIpc) is 3.19. The summed E-state index contributed by atoms with van der Waals surface area (Å²) in [6.07, 6.45) is 10.1. The van der Waals surface area contributed by atoms with E-state index >= 15 is 0 Å². The molecule has 0 spiro atoms. The number of aliphatic hydroxyl groups excluding tert-OH is 2. The van der Waals surface area contributed by atoms with Crippen LogP contribution in [-0.4, -0.2) is 114 Å². The Hall–Kier alpha value is -3.11. The van der Waals surface area contributed by atoms with Crippen LogP contribution < -0.4 is 0 Å². The molecule has 0 aromatic heterocycles. The molecule has 3 fully saturated rings. The molecule has 1 unspecified atom stereocenters. The minimum atomic E-state index is -2.29. The standard InChI is InChI=1S/C46H72O14/c1-7-9-11-12-13-18-40(49)59-44-32(24-41(50)53-6)23-38-28-39(30-47)55-31(3)22-33(48)25-34-16-15-17-35(56-34)26-36-27-37(29-42(51)54-21-14-10-8-2)58-43(57-36)19-20-45(4,5)46(44,52)60-38/h8,19-20,24,33-39,43-44,47-48,52H,2-3,7,9-18,21-23,25-30H2,1,4-6H3/b20-19+,32-24+/t33-,34-,35+,36+,37+,38?,39+,43+,44-,46+/m0/s1. The van der Waals surface area contributed by atoms with Gasteiger partial charge in [0.15, 0.2) is 12.4 Å². The van der Waals surface area contributed by atoms with Gasteiger partial charge in [0.05, 0.1) is 69.1 Å². The number of fused-ring (bicyclic) bond motifs is 6. The normalized spacial score (nSPS) is 33.8. The lowest BCUT2D eigenvalue weighted by Gasteiger charge is -2.51. The Morgan fingerprint density at radius 3 is 2.37 bits per heavy atom. The highest BCUT2D eigenvalue weighted by molar-refractivity contribution is 5.83. The molecular weight excluding hydrogens is 776 g/mol. The first-order valence-electron chi connectivity index (χ1n) is 22.1. The maximum atomic E-state index is 13.5. The van der Waals surface area contributed by atoms with Crippen LogP contribution in [0.2, 0.25) is 0 Å². The summed E-state index contributed by atoms with van der Waals surface area (Å²) in [6.45, 7) is 13.1. The van der Waals surface area contributed by atoms with Gasteiger partial charge in [0.2, 0.25) is 5.79 Å². The van der Waals surface area contributed by atoms with Gasteiger partial charge in [-0.3, -0.25) is 9.59 Å². The summed E-state index contributed by atoms with van der Waals surface area (Å²) in [7, 11) is 1.23. The Labute approximate surface area is 356 Å². The lowest BCUT2D eigenvalue weighted by molar-refractivity contribution is -0.327. The van der Waals surface area contributed by atoms with Crippen molar-refractivity contribution in [3.63, 3.8) is 0 Å². The molecule has 10 atom stereocenters. The van der Waals surface area contributed by atoms with Crippen molar-refractivity contribution >= 4 is 17.9 Å². The molecule has 4 aliphatic rings. The first-order chi connectivity index (χ1) is 28.7. The fourth-order valence-corrected chi connectivity index (χ4v) is 8.46. The predicted molar refractivity (Wildman–Crippen MR) is 222 cm³/mol. The van der Waals surface area contributed by atoms with Gasteiger partial charge >= 0.3 is 17.9 Å². The van der Waals surface area contributed by atoms with Crippen LogP contribution in [0.4, 0.5) is 0 Å². The van der Waals surface area contributed by atoms with E-state index in [2.05, 4.69) is 20.1 Å². The topological polar surface area (TPSA) is 186 Å². The van der Waals surface area contributed by atoms with Crippen LogP contribution in [-0.2, 0) is 52.3 Å². The van der Waals surface area contributed by atoms with E-state index in [9.17, 15) is 29.7 Å². The van der Waals surface area contributed by atoms with Crippen molar-refractivity contribution in [2.24, 2.45) is 5.41 Å². The quantitative estimate of drug-likeness (QED) is 0.0528. The highest BCUT2D eigenvalue weighted by Crippen LogP contribution is 2.47. The van der Waals surface area contributed by atoms with Crippen LogP contribution in [0.15, 0.2) is 48.8 Å². The van der Waals surface area contributed by atoms with Gasteiger partial charge in [-0.25, -0.2) is 4.79 Å². The van der Waals surface area contributed by atoms with E-state index in [0.29, 0.717) is 32.1 Å². The number of unbranched alkanes of at least 4 members (excludes halogenated alkanes) is 5. The molecule has 60 heavy (non-hydrogen) atoms. The fraction of sp³-hybridized carbons (Fsp3) is 0.761. The van der Waals surface area contributed by atoms with Crippen molar-refractivity contribution in [2.45, 2.75) is 197 Å². The maximum Gasteiger partial charge on any atom is 0.330 e. The van der Waals surface area contributed by atoms with Crippen molar-refractivity contribution in [1.29, 1.82) is 0 Å². The van der Waals surface area contributed by atoms with E-state index in [1.54, 1.807) is 32.1 Å². The zero-order chi connectivity index (χ0) is 43.7. The smallest absolute Gasteiger partial charge is 0.330 e. The molecular formula is C46H72O14. The molecule has 3 N–H and O–H groups in total. The largest absolute Gasteiger partial charge is 0.493 e. The van der Waals surface area contributed by atoms with Crippen LogP contribution in [0, 0.1) is 5.41 Å². The lowest BCUT2D eigenvalue weighted by Crippen LogP contribution is -2.62. The SMILES string of the molecule is C=CCCCOC(=O)C[C@H]1C[C@H]2C[C@H]3CCC[C@@H](C[C@@H](O)CC(=C)O[C@@H](CO)CC4C/C(=C\C(=O)OC)[C@H](OC(=O)CCCCCCC)[C@@](O)(O4)C(C)(C)/C=C/[C@H](O2)O1)O3. The number of hydrogen-bond acceptors (Lipinski definition) is 14. The van der Waals surface area contributed by atoms with Gasteiger partial charge in [-0.2, -0.15) is 0 Å². The molecule has 14 nitrogen and oxygen atoms in total.